The van der Waals surface area contributed by atoms with Gasteiger partial charge in [-0.3, -0.25) is 0 Å². The molecule has 0 aromatic carbocycles. The number of hydrogen-bond acceptors (Lipinski definition) is 5. The zero-order chi connectivity index (χ0) is 10.7. The Morgan fingerprint density at radius 2 is 2.33 bits per heavy atom. The Labute approximate surface area is 95.9 Å². The number of nitrogens with two attached hydrogens (primary N) is 1. The van der Waals surface area contributed by atoms with Crippen LogP contribution in [0.5, 0.6) is 0 Å². The van der Waals surface area contributed by atoms with Crippen molar-refractivity contribution in [3.8, 4) is 0 Å². The zero-order valence-electron chi connectivity index (χ0n) is 7.93. The van der Waals surface area contributed by atoms with Crippen LogP contribution in [0, 0.1) is 0 Å². The summed E-state index contributed by atoms with van der Waals surface area (Å²) in [5, 5.41) is 11.2. The second-order valence-corrected chi connectivity index (χ2v) is 4.78. The van der Waals surface area contributed by atoms with Gasteiger partial charge in [0.2, 0.25) is 0 Å². The van der Waals surface area contributed by atoms with E-state index < -0.39 is 0 Å². The Kier molecular flexibility index (Phi) is 3.30. The van der Waals surface area contributed by atoms with Crippen molar-refractivity contribution in [2.75, 3.05) is 0 Å². The fraction of sp³-hybridized carbons (Fsp3) is 0.375. The van der Waals surface area contributed by atoms with E-state index in [1.165, 1.54) is 4.88 Å². The van der Waals surface area contributed by atoms with Gasteiger partial charge < -0.3 is 5.73 Å². The maximum Gasteiger partial charge on any atom is 0.164 e. The Hall–Kier alpha value is -0.980. The normalized spacial score (nSPS) is 10.8. The van der Waals surface area contributed by atoms with Crippen LogP contribution in [0.2, 0.25) is 4.34 Å². The molecule has 2 aromatic rings. The predicted octanol–water partition coefficient (Wildman–Crippen LogP) is 1.09. The van der Waals surface area contributed by atoms with E-state index in [4.69, 9.17) is 17.3 Å². The molecule has 0 saturated carbocycles. The quantitative estimate of drug-likeness (QED) is 0.873. The highest BCUT2D eigenvalue weighted by molar-refractivity contribution is 7.16. The molecule has 80 valence electrons. The van der Waals surface area contributed by atoms with Crippen molar-refractivity contribution in [1.82, 2.24) is 20.2 Å². The van der Waals surface area contributed by atoms with Crippen LogP contribution in [0.3, 0.4) is 0 Å². The number of tetrazole rings is 1. The number of thiophene rings is 1. The molecule has 0 amide bonds. The van der Waals surface area contributed by atoms with Gasteiger partial charge in [-0.2, -0.15) is 0 Å². The molecule has 0 atom stereocenters. The number of aromatic nitrogens is 4. The summed E-state index contributed by atoms with van der Waals surface area (Å²) in [5.74, 6) is 0.706. The first-order valence-electron chi connectivity index (χ1n) is 4.49. The largest absolute Gasteiger partial charge is 0.324 e. The van der Waals surface area contributed by atoms with E-state index in [0.29, 0.717) is 12.4 Å². The van der Waals surface area contributed by atoms with Crippen LogP contribution >= 0.6 is 22.9 Å². The van der Waals surface area contributed by atoms with Crippen LogP contribution in [0.15, 0.2) is 12.1 Å². The van der Waals surface area contributed by atoms with Crippen LogP contribution in [0.4, 0.5) is 0 Å². The molecule has 0 radical (unpaired) electrons. The highest BCUT2D eigenvalue weighted by atomic mass is 35.5. The molecular weight excluding hydrogens is 234 g/mol. The molecular formula is C8H10ClN5S. The standard InChI is InChI=1S/C8H10ClN5S/c9-7-2-1-6(15-7)3-4-14-8(5-10)11-12-13-14/h1-2H,3-5,10H2. The maximum absolute atomic E-state index is 5.83. The van der Waals surface area contributed by atoms with Gasteiger partial charge in [0.15, 0.2) is 5.82 Å². The Bertz CT molecular complexity index is 438. The first-order chi connectivity index (χ1) is 7.29. The van der Waals surface area contributed by atoms with Crippen LogP contribution in [0.1, 0.15) is 10.7 Å². The molecule has 0 bridgehead atoms. The molecule has 0 aliphatic heterocycles. The third kappa shape index (κ3) is 2.53. The van der Waals surface area contributed by atoms with Crippen molar-refractivity contribution < 1.29 is 0 Å². The molecule has 7 heteroatoms. The summed E-state index contributed by atoms with van der Waals surface area (Å²) in [7, 11) is 0. The van der Waals surface area contributed by atoms with Crippen LogP contribution in [-0.4, -0.2) is 20.2 Å². The zero-order valence-corrected chi connectivity index (χ0v) is 9.50. The third-order valence-electron chi connectivity index (χ3n) is 1.99. The number of halogens is 1. The summed E-state index contributed by atoms with van der Waals surface area (Å²) in [6, 6.07) is 3.91. The van der Waals surface area contributed by atoms with Gasteiger partial charge in [0.25, 0.3) is 0 Å². The first-order valence-corrected chi connectivity index (χ1v) is 5.68. The topological polar surface area (TPSA) is 69.6 Å². The van der Waals surface area contributed by atoms with Crippen molar-refractivity contribution in [3.63, 3.8) is 0 Å². The van der Waals surface area contributed by atoms with Crippen LogP contribution < -0.4 is 5.73 Å². The number of hydrogen-bond donors (Lipinski definition) is 1. The molecule has 0 fully saturated rings. The SMILES string of the molecule is NCc1nnnn1CCc1ccc(Cl)s1. The number of nitrogens with zero attached hydrogens (tertiary/aromatic N) is 4. The Morgan fingerprint density at radius 1 is 1.47 bits per heavy atom. The minimum atomic E-state index is 0.359. The second kappa shape index (κ2) is 4.69. The van der Waals surface area contributed by atoms with Crippen molar-refractivity contribution in [3.05, 3.63) is 27.2 Å². The average Bonchev–Trinajstić information content (AvgIpc) is 2.83. The van der Waals surface area contributed by atoms with Gasteiger partial charge in [0.05, 0.1) is 10.9 Å². The summed E-state index contributed by atoms with van der Waals surface area (Å²) < 4.78 is 2.52. The van der Waals surface area contributed by atoms with Crippen LogP contribution in [-0.2, 0) is 19.5 Å². The molecule has 2 heterocycles. The Morgan fingerprint density at radius 3 is 3.00 bits per heavy atom. The predicted molar refractivity (Wildman–Crippen MR) is 58.7 cm³/mol. The van der Waals surface area contributed by atoms with Crippen molar-refractivity contribution in [2.45, 2.75) is 19.5 Å². The van der Waals surface area contributed by atoms with E-state index in [-0.39, 0.29) is 0 Å². The smallest absolute Gasteiger partial charge is 0.164 e. The summed E-state index contributed by atoms with van der Waals surface area (Å²) in [6.07, 6.45) is 0.870. The molecule has 15 heavy (non-hydrogen) atoms. The maximum atomic E-state index is 5.83. The highest BCUT2D eigenvalue weighted by Gasteiger charge is 2.04. The van der Waals surface area contributed by atoms with E-state index in [2.05, 4.69) is 15.5 Å². The van der Waals surface area contributed by atoms with E-state index in [0.717, 1.165) is 17.3 Å². The first kappa shape index (κ1) is 10.5. The number of rotatable bonds is 4. The van der Waals surface area contributed by atoms with Gasteiger partial charge in [0.1, 0.15) is 0 Å². The molecule has 0 spiro atoms. The minimum Gasteiger partial charge on any atom is -0.324 e. The molecule has 0 saturated heterocycles. The van der Waals surface area contributed by atoms with Crippen LogP contribution in [0.25, 0.3) is 0 Å². The fourth-order valence-corrected chi connectivity index (χ4v) is 2.32. The Balaban J connectivity index is 1.98. The molecule has 5 nitrogen and oxygen atoms in total. The van der Waals surface area contributed by atoms with Gasteiger partial charge in [-0.25, -0.2) is 4.68 Å². The lowest BCUT2D eigenvalue weighted by Gasteiger charge is -2.00. The average molecular weight is 244 g/mol. The lowest BCUT2D eigenvalue weighted by Crippen LogP contribution is -2.11. The van der Waals surface area contributed by atoms with E-state index in [9.17, 15) is 0 Å². The summed E-state index contributed by atoms with van der Waals surface area (Å²) in [4.78, 5) is 1.22. The monoisotopic (exact) mass is 243 g/mol. The second-order valence-electron chi connectivity index (χ2n) is 2.98. The van der Waals surface area contributed by atoms with E-state index in [1.54, 1.807) is 16.0 Å². The van der Waals surface area contributed by atoms with Gasteiger partial charge >= 0.3 is 0 Å². The van der Waals surface area contributed by atoms with Gasteiger partial charge in [-0.1, -0.05) is 11.6 Å². The fourth-order valence-electron chi connectivity index (χ4n) is 1.25. The van der Waals surface area contributed by atoms with Gasteiger partial charge in [-0.15, -0.1) is 16.4 Å². The summed E-state index contributed by atoms with van der Waals surface area (Å²) >= 11 is 7.41. The third-order valence-corrected chi connectivity index (χ3v) is 3.28. The highest BCUT2D eigenvalue weighted by Crippen LogP contribution is 2.21. The number of aryl methyl sites for hydroxylation is 2. The molecule has 2 aromatic heterocycles. The van der Waals surface area contributed by atoms with E-state index in [1.807, 2.05) is 12.1 Å². The van der Waals surface area contributed by atoms with Gasteiger partial charge in [0, 0.05) is 17.8 Å². The lowest BCUT2D eigenvalue weighted by atomic mass is 10.3. The van der Waals surface area contributed by atoms with Crippen molar-refractivity contribution >= 4 is 22.9 Å². The van der Waals surface area contributed by atoms with Crippen molar-refractivity contribution in [1.29, 1.82) is 0 Å². The summed E-state index contributed by atoms with van der Waals surface area (Å²) in [5.41, 5.74) is 5.49. The lowest BCUT2D eigenvalue weighted by molar-refractivity contribution is 0.567. The van der Waals surface area contributed by atoms with Gasteiger partial charge in [-0.05, 0) is 22.6 Å². The molecule has 0 unspecified atom stereocenters. The van der Waals surface area contributed by atoms with Crippen molar-refractivity contribution in [2.24, 2.45) is 5.73 Å². The molecule has 0 aliphatic rings. The molecule has 2 rings (SSSR count). The minimum absolute atomic E-state index is 0.359. The van der Waals surface area contributed by atoms with E-state index >= 15 is 0 Å². The molecule has 2 N–H and O–H groups in total. The summed E-state index contributed by atoms with van der Waals surface area (Å²) in [6.45, 7) is 1.09. The molecule has 0 aliphatic carbocycles.